The summed E-state index contributed by atoms with van der Waals surface area (Å²) in [5, 5.41) is 3.42. The van der Waals surface area contributed by atoms with E-state index < -0.39 is 0 Å². The number of aromatic nitrogens is 1. The maximum Gasteiger partial charge on any atom is 0.269 e. The van der Waals surface area contributed by atoms with E-state index >= 15 is 0 Å². The van der Waals surface area contributed by atoms with Gasteiger partial charge in [-0.15, -0.1) is 0 Å². The highest BCUT2D eigenvalue weighted by atomic mass is 79.9. The van der Waals surface area contributed by atoms with Gasteiger partial charge in [0.15, 0.2) is 0 Å². The number of thioether (sulfide) groups is 1. The van der Waals surface area contributed by atoms with Gasteiger partial charge in [0, 0.05) is 22.5 Å². The van der Waals surface area contributed by atoms with Crippen molar-refractivity contribution in [2.45, 2.75) is 18.6 Å². The van der Waals surface area contributed by atoms with Gasteiger partial charge in [0.2, 0.25) is 0 Å². The summed E-state index contributed by atoms with van der Waals surface area (Å²) in [6, 6.07) is 3.52. The van der Waals surface area contributed by atoms with Crippen LogP contribution >= 0.6 is 27.7 Å². The van der Waals surface area contributed by atoms with Gasteiger partial charge in [-0.1, -0.05) is 6.92 Å². The first-order chi connectivity index (χ1) is 7.63. The van der Waals surface area contributed by atoms with E-state index in [0.717, 1.165) is 10.9 Å². The van der Waals surface area contributed by atoms with Crippen molar-refractivity contribution in [2.75, 3.05) is 12.8 Å². The third-order valence-corrected chi connectivity index (χ3v) is 3.71. The van der Waals surface area contributed by atoms with E-state index in [1.807, 2.05) is 6.07 Å². The number of pyridine rings is 1. The summed E-state index contributed by atoms with van der Waals surface area (Å²) in [5.74, 6) is -0.110. The van der Waals surface area contributed by atoms with E-state index in [9.17, 15) is 4.79 Å². The second-order valence-corrected chi connectivity index (χ2v) is 5.64. The van der Waals surface area contributed by atoms with E-state index in [1.54, 1.807) is 24.0 Å². The fourth-order valence-electron chi connectivity index (χ4n) is 1.11. The molecule has 0 bridgehead atoms. The van der Waals surface area contributed by atoms with Crippen LogP contribution in [0, 0.1) is 0 Å². The first-order valence-corrected chi connectivity index (χ1v) is 7.14. The third kappa shape index (κ3) is 4.53. The molecule has 0 saturated carbocycles. The normalized spacial score (nSPS) is 12.2. The van der Waals surface area contributed by atoms with Crippen molar-refractivity contribution in [3.63, 3.8) is 0 Å². The van der Waals surface area contributed by atoms with E-state index in [-0.39, 0.29) is 5.91 Å². The standard InChI is InChI=1S/C11H15BrN2OS/c1-8(16-2)5-6-13-11(15)10-4-3-9(12)7-14-10/h3-4,7-8H,5-6H2,1-2H3,(H,13,15). The van der Waals surface area contributed by atoms with Crippen molar-refractivity contribution < 1.29 is 4.79 Å². The zero-order chi connectivity index (χ0) is 12.0. The summed E-state index contributed by atoms with van der Waals surface area (Å²) in [7, 11) is 0. The smallest absolute Gasteiger partial charge is 0.269 e. The molecule has 1 N–H and O–H groups in total. The number of nitrogens with zero attached hydrogens (tertiary/aromatic N) is 1. The Morgan fingerprint density at radius 3 is 2.94 bits per heavy atom. The molecule has 1 heterocycles. The van der Waals surface area contributed by atoms with Gasteiger partial charge in [-0.05, 0) is 40.7 Å². The van der Waals surface area contributed by atoms with Gasteiger partial charge in [-0.25, -0.2) is 4.98 Å². The number of rotatable bonds is 5. The van der Waals surface area contributed by atoms with Gasteiger partial charge in [-0.2, -0.15) is 11.8 Å². The second-order valence-electron chi connectivity index (χ2n) is 3.45. The lowest BCUT2D eigenvalue weighted by molar-refractivity contribution is 0.0948. The highest BCUT2D eigenvalue weighted by Crippen LogP contribution is 2.09. The maximum absolute atomic E-state index is 11.6. The summed E-state index contributed by atoms with van der Waals surface area (Å²) in [5.41, 5.74) is 0.458. The summed E-state index contributed by atoms with van der Waals surface area (Å²) in [6.45, 7) is 2.84. The van der Waals surface area contributed by atoms with Crippen LogP contribution in [-0.4, -0.2) is 28.9 Å². The number of hydrogen-bond donors (Lipinski definition) is 1. The van der Waals surface area contributed by atoms with Crippen LogP contribution in [0.25, 0.3) is 0 Å². The van der Waals surface area contributed by atoms with Crippen LogP contribution in [0.15, 0.2) is 22.8 Å². The van der Waals surface area contributed by atoms with Gasteiger partial charge in [0.1, 0.15) is 5.69 Å². The zero-order valence-corrected chi connectivity index (χ0v) is 11.8. The summed E-state index contributed by atoms with van der Waals surface area (Å²) in [4.78, 5) is 15.7. The first kappa shape index (κ1) is 13.5. The van der Waals surface area contributed by atoms with Crippen LogP contribution in [0.4, 0.5) is 0 Å². The molecule has 1 aromatic heterocycles. The lowest BCUT2D eigenvalue weighted by atomic mass is 10.3. The molecule has 1 amide bonds. The van der Waals surface area contributed by atoms with E-state index in [2.05, 4.69) is 39.4 Å². The van der Waals surface area contributed by atoms with Crippen LogP contribution in [0.3, 0.4) is 0 Å². The number of carbonyl (C=O) groups excluding carboxylic acids is 1. The molecule has 1 unspecified atom stereocenters. The van der Waals surface area contributed by atoms with Crippen molar-refractivity contribution in [3.05, 3.63) is 28.5 Å². The predicted molar refractivity (Wildman–Crippen MR) is 71.9 cm³/mol. The van der Waals surface area contributed by atoms with Crippen LogP contribution in [0.2, 0.25) is 0 Å². The lowest BCUT2D eigenvalue weighted by Gasteiger charge is -2.08. The van der Waals surface area contributed by atoms with Gasteiger partial charge < -0.3 is 5.32 Å². The molecule has 0 aromatic carbocycles. The number of amides is 1. The average molecular weight is 303 g/mol. The highest BCUT2D eigenvalue weighted by molar-refractivity contribution is 9.10. The molecule has 0 radical (unpaired) electrons. The molecule has 0 aliphatic carbocycles. The monoisotopic (exact) mass is 302 g/mol. The van der Waals surface area contributed by atoms with Crippen LogP contribution in [-0.2, 0) is 0 Å². The minimum absolute atomic E-state index is 0.110. The van der Waals surface area contributed by atoms with Crippen LogP contribution in [0.5, 0.6) is 0 Å². The lowest BCUT2D eigenvalue weighted by Crippen LogP contribution is -2.26. The topological polar surface area (TPSA) is 42.0 Å². The first-order valence-electron chi connectivity index (χ1n) is 5.06. The molecular weight excluding hydrogens is 288 g/mol. The Kier molecular flexibility index (Phi) is 5.84. The summed E-state index contributed by atoms with van der Waals surface area (Å²) in [6.07, 6.45) is 4.67. The minimum Gasteiger partial charge on any atom is -0.351 e. The molecule has 1 atom stereocenters. The van der Waals surface area contributed by atoms with E-state index in [4.69, 9.17) is 0 Å². The Bertz CT molecular complexity index is 342. The SMILES string of the molecule is CSC(C)CCNC(=O)c1ccc(Br)cn1. The van der Waals surface area contributed by atoms with Crippen molar-refractivity contribution in [2.24, 2.45) is 0 Å². The Balaban J connectivity index is 2.38. The molecule has 16 heavy (non-hydrogen) atoms. The highest BCUT2D eigenvalue weighted by Gasteiger charge is 2.06. The summed E-state index contributed by atoms with van der Waals surface area (Å²) < 4.78 is 0.875. The number of hydrogen-bond acceptors (Lipinski definition) is 3. The van der Waals surface area contributed by atoms with Crippen molar-refractivity contribution in [1.29, 1.82) is 0 Å². The maximum atomic E-state index is 11.6. The van der Waals surface area contributed by atoms with Gasteiger partial charge in [0.25, 0.3) is 5.91 Å². The Hall–Kier alpha value is -0.550. The molecule has 0 fully saturated rings. The van der Waals surface area contributed by atoms with Gasteiger partial charge in [-0.3, -0.25) is 4.79 Å². The fourth-order valence-corrected chi connectivity index (χ4v) is 1.70. The molecule has 0 aliphatic heterocycles. The van der Waals surface area contributed by atoms with E-state index in [1.165, 1.54) is 0 Å². The van der Waals surface area contributed by atoms with Crippen molar-refractivity contribution in [1.82, 2.24) is 10.3 Å². The van der Waals surface area contributed by atoms with Crippen molar-refractivity contribution in [3.8, 4) is 0 Å². The second kappa shape index (κ2) is 6.91. The van der Waals surface area contributed by atoms with E-state index in [0.29, 0.717) is 17.5 Å². The quantitative estimate of drug-likeness (QED) is 0.909. The Labute approximate surface area is 109 Å². The average Bonchev–Trinajstić information content (AvgIpc) is 2.29. The predicted octanol–water partition coefficient (Wildman–Crippen LogP) is 2.72. The minimum atomic E-state index is -0.110. The number of carbonyl (C=O) groups is 1. The molecule has 1 aromatic rings. The molecular formula is C11H15BrN2OS. The fraction of sp³-hybridized carbons (Fsp3) is 0.455. The van der Waals surface area contributed by atoms with Crippen molar-refractivity contribution >= 4 is 33.6 Å². The summed E-state index contributed by atoms with van der Waals surface area (Å²) >= 11 is 5.08. The molecule has 1 rings (SSSR count). The molecule has 5 heteroatoms. The number of halogens is 1. The molecule has 3 nitrogen and oxygen atoms in total. The van der Waals surface area contributed by atoms with Gasteiger partial charge >= 0.3 is 0 Å². The Morgan fingerprint density at radius 2 is 2.38 bits per heavy atom. The molecule has 0 aliphatic rings. The van der Waals surface area contributed by atoms with Gasteiger partial charge in [0.05, 0.1) is 0 Å². The number of nitrogens with one attached hydrogen (secondary N) is 1. The van der Waals surface area contributed by atoms with Crippen LogP contribution in [0.1, 0.15) is 23.8 Å². The molecule has 0 saturated heterocycles. The zero-order valence-electron chi connectivity index (χ0n) is 9.37. The third-order valence-electron chi connectivity index (χ3n) is 2.20. The Morgan fingerprint density at radius 1 is 1.62 bits per heavy atom. The molecule has 0 spiro atoms. The molecule has 88 valence electrons. The van der Waals surface area contributed by atoms with Crippen LogP contribution < -0.4 is 5.32 Å². The largest absolute Gasteiger partial charge is 0.351 e.